The average molecular weight is 257 g/mol. The molecule has 1 aromatic rings. The lowest BCUT2D eigenvalue weighted by Gasteiger charge is -2.10. The van der Waals surface area contributed by atoms with Crippen LogP contribution in [0.5, 0.6) is 5.75 Å². The maximum absolute atomic E-state index is 5.82. The van der Waals surface area contributed by atoms with Crippen molar-refractivity contribution in [3.8, 4) is 5.75 Å². The molecule has 0 aliphatic heterocycles. The minimum Gasteiger partial charge on any atom is -0.491 e. The van der Waals surface area contributed by atoms with Gasteiger partial charge >= 0.3 is 0 Å². The monoisotopic (exact) mass is 256 g/mol. The molecule has 0 atom stereocenters. The summed E-state index contributed by atoms with van der Waals surface area (Å²) in [6, 6.07) is 7.82. The molecule has 0 aromatic heterocycles. The summed E-state index contributed by atoms with van der Waals surface area (Å²) in [7, 11) is 0. The molecule has 0 saturated carbocycles. The Balaban J connectivity index is 2.17. The first-order valence-electron chi connectivity index (χ1n) is 6.08. The Morgan fingerprint density at radius 1 is 1.12 bits per heavy atom. The van der Waals surface area contributed by atoms with Gasteiger partial charge in [-0.25, -0.2) is 0 Å². The highest BCUT2D eigenvalue weighted by molar-refractivity contribution is 6.17. The number of alkyl halides is 1. The van der Waals surface area contributed by atoms with Gasteiger partial charge in [0.2, 0.25) is 0 Å². The van der Waals surface area contributed by atoms with Crippen LogP contribution in [0, 0.1) is 5.92 Å². The molecule has 0 unspecified atom stereocenters. The lowest BCUT2D eigenvalue weighted by Crippen LogP contribution is -2.09. The van der Waals surface area contributed by atoms with Gasteiger partial charge in [0.1, 0.15) is 12.4 Å². The molecule has 2 nitrogen and oxygen atoms in total. The fourth-order valence-electron chi connectivity index (χ4n) is 1.39. The fourth-order valence-corrected chi connectivity index (χ4v) is 1.61. The second-order valence-corrected chi connectivity index (χ2v) is 4.65. The van der Waals surface area contributed by atoms with Crippen molar-refractivity contribution >= 4 is 11.6 Å². The number of benzene rings is 1. The number of rotatable bonds is 8. The summed E-state index contributed by atoms with van der Waals surface area (Å²) < 4.78 is 11.1. The van der Waals surface area contributed by atoms with Gasteiger partial charge in [-0.3, -0.25) is 0 Å². The molecule has 17 heavy (non-hydrogen) atoms. The van der Waals surface area contributed by atoms with Crippen molar-refractivity contribution in [2.24, 2.45) is 5.92 Å². The van der Waals surface area contributed by atoms with E-state index in [2.05, 4.69) is 13.8 Å². The second-order valence-electron chi connectivity index (χ2n) is 4.38. The molecule has 0 amide bonds. The van der Waals surface area contributed by atoms with E-state index in [0.29, 0.717) is 25.0 Å². The summed E-state index contributed by atoms with van der Waals surface area (Å²) >= 11 is 5.82. The molecule has 0 spiro atoms. The maximum atomic E-state index is 5.82. The van der Waals surface area contributed by atoms with E-state index >= 15 is 0 Å². The quantitative estimate of drug-likeness (QED) is 0.519. The van der Waals surface area contributed by atoms with Crippen LogP contribution >= 0.6 is 11.6 Å². The molecule has 96 valence electrons. The molecule has 1 rings (SSSR count). The summed E-state index contributed by atoms with van der Waals surface area (Å²) in [4.78, 5) is 0. The zero-order chi connectivity index (χ0) is 12.5. The molecule has 1 aromatic carbocycles. The van der Waals surface area contributed by atoms with E-state index in [9.17, 15) is 0 Å². The van der Waals surface area contributed by atoms with Crippen molar-refractivity contribution in [1.29, 1.82) is 0 Å². The zero-order valence-corrected chi connectivity index (χ0v) is 11.4. The first-order valence-corrected chi connectivity index (χ1v) is 6.62. The van der Waals surface area contributed by atoms with Crippen molar-refractivity contribution in [3.05, 3.63) is 29.8 Å². The molecular formula is C14H21ClO2. The third-order valence-corrected chi connectivity index (χ3v) is 2.73. The summed E-state index contributed by atoms with van der Waals surface area (Å²) in [5.74, 6) is 2.02. The van der Waals surface area contributed by atoms with E-state index in [4.69, 9.17) is 21.1 Å². The van der Waals surface area contributed by atoms with Gasteiger partial charge in [0.25, 0.3) is 0 Å². The number of hydrogen-bond donors (Lipinski definition) is 0. The van der Waals surface area contributed by atoms with E-state index in [1.807, 2.05) is 24.3 Å². The molecule has 0 aliphatic rings. The van der Waals surface area contributed by atoms with Crippen LogP contribution in [0.3, 0.4) is 0 Å². The highest BCUT2D eigenvalue weighted by atomic mass is 35.5. The van der Waals surface area contributed by atoms with Crippen molar-refractivity contribution < 1.29 is 9.47 Å². The van der Waals surface area contributed by atoms with Crippen LogP contribution < -0.4 is 4.74 Å². The lowest BCUT2D eigenvalue weighted by molar-refractivity contribution is 0.0923. The lowest BCUT2D eigenvalue weighted by atomic mass is 10.1. The molecule has 0 saturated heterocycles. The largest absolute Gasteiger partial charge is 0.491 e. The molecule has 0 fully saturated rings. The highest BCUT2D eigenvalue weighted by Crippen LogP contribution is 2.19. The van der Waals surface area contributed by atoms with Gasteiger partial charge in [0.15, 0.2) is 0 Å². The third-order valence-electron chi connectivity index (χ3n) is 2.44. The third kappa shape index (κ3) is 5.94. The summed E-state index contributed by atoms with van der Waals surface area (Å²) in [6.45, 7) is 6.39. The predicted octanol–water partition coefficient (Wildman–Crippen LogP) is 3.87. The first-order chi connectivity index (χ1) is 8.24. The number of para-hydroxylation sites is 1. The Hall–Kier alpha value is -0.730. The van der Waals surface area contributed by atoms with Crippen LogP contribution in [-0.4, -0.2) is 19.8 Å². The number of ether oxygens (including phenoxy) is 2. The summed E-state index contributed by atoms with van der Waals surface area (Å²) in [5, 5.41) is 0. The Morgan fingerprint density at radius 3 is 2.59 bits per heavy atom. The average Bonchev–Trinajstić information content (AvgIpc) is 2.33. The van der Waals surface area contributed by atoms with Gasteiger partial charge in [-0.05, 0) is 18.4 Å². The van der Waals surface area contributed by atoms with Gasteiger partial charge in [-0.15, -0.1) is 11.6 Å². The van der Waals surface area contributed by atoms with Crippen molar-refractivity contribution in [3.63, 3.8) is 0 Å². The van der Waals surface area contributed by atoms with Gasteiger partial charge in [0.05, 0.1) is 12.5 Å². The molecule has 3 heteroatoms. The molecule has 0 heterocycles. The number of hydrogen-bond acceptors (Lipinski definition) is 2. The smallest absolute Gasteiger partial charge is 0.123 e. The topological polar surface area (TPSA) is 18.5 Å². The van der Waals surface area contributed by atoms with E-state index in [1.54, 1.807) is 0 Å². The SMILES string of the molecule is CC(C)CCOCCOc1ccccc1CCl. The van der Waals surface area contributed by atoms with E-state index in [1.165, 1.54) is 0 Å². The summed E-state index contributed by atoms with van der Waals surface area (Å²) in [6.07, 6.45) is 1.10. The van der Waals surface area contributed by atoms with Crippen LogP contribution in [-0.2, 0) is 10.6 Å². The van der Waals surface area contributed by atoms with Gasteiger partial charge in [0, 0.05) is 12.2 Å². The summed E-state index contributed by atoms with van der Waals surface area (Å²) in [5.41, 5.74) is 1.02. The Bertz CT molecular complexity index is 313. The number of halogens is 1. The van der Waals surface area contributed by atoms with E-state index in [-0.39, 0.29) is 0 Å². The normalized spacial score (nSPS) is 10.8. The Labute approximate surface area is 109 Å². The second kappa shape index (κ2) is 8.37. The van der Waals surface area contributed by atoms with Crippen LogP contribution in [0.2, 0.25) is 0 Å². The van der Waals surface area contributed by atoms with Gasteiger partial charge < -0.3 is 9.47 Å². The van der Waals surface area contributed by atoms with Crippen molar-refractivity contribution in [2.45, 2.75) is 26.1 Å². The minimum atomic E-state index is 0.477. The molecule has 0 N–H and O–H groups in total. The highest BCUT2D eigenvalue weighted by Gasteiger charge is 2.01. The Kier molecular flexibility index (Phi) is 7.06. The molecular weight excluding hydrogens is 236 g/mol. The minimum absolute atomic E-state index is 0.477. The molecule has 0 aliphatic carbocycles. The van der Waals surface area contributed by atoms with E-state index in [0.717, 1.165) is 24.3 Å². The Morgan fingerprint density at radius 2 is 1.88 bits per heavy atom. The first kappa shape index (κ1) is 14.3. The van der Waals surface area contributed by atoms with Crippen molar-refractivity contribution in [1.82, 2.24) is 0 Å². The van der Waals surface area contributed by atoms with Crippen LogP contribution in [0.25, 0.3) is 0 Å². The fraction of sp³-hybridized carbons (Fsp3) is 0.571. The van der Waals surface area contributed by atoms with Crippen molar-refractivity contribution in [2.75, 3.05) is 19.8 Å². The predicted molar refractivity (Wildman–Crippen MR) is 71.8 cm³/mol. The van der Waals surface area contributed by atoms with Crippen LogP contribution in [0.15, 0.2) is 24.3 Å². The zero-order valence-electron chi connectivity index (χ0n) is 10.6. The van der Waals surface area contributed by atoms with Gasteiger partial charge in [-0.2, -0.15) is 0 Å². The standard InChI is InChI=1S/C14H21ClO2/c1-12(2)7-8-16-9-10-17-14-6-4-3-5-13(14)11-15/h3-6,12H,7-11H2,1-2H3. The maximum Gasteiger partial charge on any atom is 0.123 e. The molecule has 0 bridgehead atoms. The van der Waals surface area contributed by atoms with Crippen LogP contribution in [0.1, 0.15) is 25.8 Å². The van der Waals surface area contributed by atoms with E-state index < -0.39 is 0 Å². The molecule has 0 radical (unpaired) electrons. The van der Waals surface area contributed by atoms with Gasteiger partial charge in [-0.1, -0.05) is 32.0 Å². The van der Waals surface area contributed by atoms with Crippen LogP contribution in [0.4, 0.5) is 0 Å².